The van der Waals surface area contributed by atoms with Crippen LogP contribution in [0.2, 0.25) is 0 Å². The molecule has 1 unspecified atom stereocenters. The van der Waals surface area contributed by atoms with Gasteiger partial charge in [0.15, 0.2) is 0 Å². The first-order chi connectivity index (χ1) is 8.04. The van der Waals surface area contributed by atoms with Crippen LogP contribution in [0.15, 0.2) is 0 Å². The minimum atomic E-state index is -3.09. The number of likely N-dealkylation sites (N-methyl/N-ethyl adjacent to an activating group) is 1. The molecule has 0 spiro atoms. The first-order valence-electron chi connectivity index (χ1n) is 6.70. The molecule has 2 aliphatic carbocycles. The second-order valence-corrected chi connectivity index (χ2v) is 7.71. The highest BCUT2D eigenvalue weighted by Gasteiger charge is 2.37. The van der Waals surface area contributed by atoms with E-state index in [4.69, 9.17) is 5.73 Å². The Morgan fingerprint density at radius 3 is 2.35 bits per heavy atom. The average molecular weight is 260 g/mol. The van der Waals surface area contributed by atoms with Crippen molar-refractivity contribution in [2.24, 2.45) is 17.6 Å². The van der Waals surface area contributed by atoms with E-state index in [0.717, 1.165) is 19.3 Å². The van der Waals surface area contributed by atoms with Crippen LogP contribution >= 0.6 is 0 Å². The monoisotopic (exact) mass is 260 g/mol. The fourth-order valence-electron chi connectivity index (χ4n) is 2.57. The predicted octanol–water partition coefficient (Wildman–Crippen LogP) is 1.18. The van der Waals surface area contributed by atoms with Crippen molar-refractivity contribution >= 4 is 10.0 Å². The molecule has 2 saturated carbocycles. The molecule has 2 fully saturated rings. The number of rotatable bonds is 7. The van der Waals surface area contributed by atoms with Crippen molar-refractivity contribution in [2.75, 3.05) is 19.3 Å². The zero-order valence-electron chi connectivity index (χ0n) is 10.6. The molecule has 2 rings (SSSR count). The van der Waals surface area contributed by atoms with E-state index in [1.54, 1.807) is 11.4 Å². The molecule has 0 aromatic carbocycles. The first-order valence-corrected chi connectivity index (χ1v) is 8.31. The van der Waals surface area contributed by atoms with E-state index in [1.165, 1.54) is 19.3 Å². The van der Waals surface area contributed by atoms with E-state index in [1.807, 2.05) is 0 Å². The van der Waals surface area contributed by atoms with Gasteiger partial charge in [0.2, 0.25) is 10.0 Å². The van der Waals surface area contributed by atoms with Crippen LogP contribution in [0.3, 0.4) is 0 Å². The van der Waals surface area contributed by atoms with E-state index >= 15 is 0 Å². The van der Waals surface area contributed by atoms with Crippen molar-refractivity contribution in [1.29, 1.82) is 0 Å². The largest absolute Gasteiger partial charge is 0.329 e. The smallest absolute Gasteiger partial charge is 0.214 e. The summed E-state index contributed by atoms with van der Waals surface area (Å²) in [5, 5.41) is 0. The van der Waals surface area contributed by atoms with Gasteiger partial charge < -0.3 is 5.73 Å². The topological polar surface area (TPSA) is 63.4 Å². The second kappa shape index (κ2) is 5.24. The Bertz CT molecular complexity index is 348. The van der Waals surface area contributed by atoms with Crippen LogP contribution in [0.25, 0.3) is 0 Å². The molecule has 0 radical (unpaired) electrons. The molecule has 0 heterocycles. The van der Waals surface area contributed by atoms with Crippen LogP contribution in [0.1, 0.15) is 38.5 Å². The second-order valence-electron chi connectivity index (χ2n) is 5.56. The van der Waals surface area contributed by atoms with Gasteiger partial charge in [0.1, 0.15) is 0 Å². The van der Waals surface area contributed by atoms with E-state index < -0.39 is 10.0 Å². The third-order valence-electron chi connectivity index (χ3n) is 4.32. The molecule has 100 valence electrons. The maximum absolute atomic E-state index is 12.2. The van der Waals surface area contributed by atoms with Crippen LogP contribution in [0.5, 0.6) is 0 Å². The fourth-order valence-corrected chi connectivity index (χ4v) is 4.16. The number of hydrogen-bond donors (Lipinski definition) is 1. The lowest BCUT2D eigenvalue weighted by Crippen LogP contribution is -2.44. The van der Waals surface area contributed by atoms with Crippen molar-refractivity contribution < 1.29 is 8.42 Å². The third kappa shape index (κ3) is 3.20. The van der Waals surface area contributed by atoms with Crippen molar-refractivity contribution in [3.05, 3.63) is 0 Å². The number of nitrogens with two attached hydrogens (primary N) is 1. The number of sulfonamides is 1. The molecular weight excluding hydrogens is 236 g/mol. The van der Waals surface area contributed by atoms with Crippen molar-refractivity contribution in [1.82, 2.24) is 4.31 Å². The molecule has 5 heteroatoms. The summed E-state index contributed by atoms with van der Waals surface area (Å²) in [5.74, 6) is 1.45. The Balaban J connectivity index is 1.88. The van der Waals surface area contributed by atoms with Gasteiger partial charge in [0.05, 0.1) is 5.75 Å². The lowest BCUT2D eigenvalue weighted by atomic mass is 9.84. The van der Waals surface area contributed by atoms with E-state index in [9.17, 15) is 8.42 Å². The molecular formula is C12H24N2O2S. The van der Waals surface area contributed by atoms with Crippen LogP contribution < -0.4 is 5.73 Å². The molecule has 4 nitrogen and oxygen atoms in total. The first kappa shape index (κ1) is 13.3. The van der Waals surface area contributed by atoms with Crippen LogP contribution in [-0.4, -0.2) is 38.1 Å². The van der Waals surface area contributed by atoms with E-state index in [0.29, 0.717) is 24.1 Å². The Morgan fingerprint density at radius 1 is 1.29 bits per heavy atom. The van der Waals surface area contributed by atoms with Gasteiger partial charge >= 0.3 is 0 Å². The Labute approximate surface area is 105 Å². The molecule has 0 aliphatic heterocycles. The molecule has 0 aromatic heterocycles. The lowest BCUT2D eigenvalue weighted by molar-refractivity contribution is 0.300. The highest BCUT2D eigenvalue weighted by molar-refractivity contribution is 7.89. The molecule has 17 heavy (non-hydrogen) atoms. The van der Waals surface area contributed by atoms with Gasteiger partial charge in [-0.25, -0.2) is 12.7 Å². The average Bonchev–Trinajstić information content (AvgIpc) is 3.00. The summed E-state index contributed by atoms with van der Waals surface area (Å²) in [6.45, 7) is 0.448. The maximum Gasteiger partial charge on any atom is 0.214 e. The molecule has 0 aromatic rings. The normalized spacial score (nSPS) is 23.7. The molecule has 0 amide bonds. The summed E-state index contributed by atoms with van der Waals surface area (Å²) in [7, 11) is -1.39. The van der Waals surface area contributed by atoms with Crippen LogP contribution in [0.4, 0.5) is 0 Å². The Hall–Kier alpha value is -0.130. The van der Waals surface area contributed by atoms with Gasteiger partial charge in [0.25, 0.3) is 0 Å². The van der Waals surface area contributed by atoms with Gasteiger partial charge in [-0.3, -0.25) is 0 Å². The summed E-state index contributed by atoms with van der Waals surface area (Å²) in [4.78, 5) is 0. The van der Waals surface area contributed by atoms with Crippen LogP contribution in [0, 0.1) is 11.8 Å². The quantitative estimate of drug-likeness (QED) is 0.747. The summed E-state index contributed by atoms with van der Waals surface area (Å²) in [6, 6.07) is 0.0291. The highest BCUT2D eigenvalue weighted by Crippen LogP contribution is 2.36. The van der Waals surface area contributed by atoms with Gasteiger partial charge in [-0.15, -0.1) is 0 Å². The SMILES string of the molecule is CN(C(CN)C1CC1)S(=O)(=O)CCC1CCC1. The molecule has 2 aliphatic rings. The maximum atomic E-state index is 12.2. The third-order valence-corrected chi connectivity index (χ3v) is 6.22. The number of hydrogen-bond acceptors (Lipinski definition) is 3. The van der Waals surface area contributed by atoms with Crippen molar-refractivity contribution in [3.8, 4) is 0 Å². The minimum Gasteiger partial charge on any atom is -0.329 e. The highest BCUT2D eigenvalue weighted by atomic mass is 32.2. The molecule has 0 bridgehead atoms. The zero-order valence-corrected chi connectivity index (χ0v) is 11.5. The van der Waals surface area contributed by atoms with Crippen molar-refractivity contribution in [2.45, 2.75) is 44.6 Å². The van der Waals surface area contributed by atoms with Crippen LogP contribution in [-0.2, 0) is 10.0 Å². The molecule has 1 atom stereocenters. The van der Waals surface area contributed by atoms with Crippen molar-refractivity contribution in [3.63, 3.8) is 0 Å². The van der Waals surface area contributed by atoms with E-state index in [-0.39, 0.29) is 6.04 Å². The summed E-state index contributed by atoms with van der Waals surface area (Å²) in [5.41, 5.74) is 5.70. The van der Waals surface area contributed by atoms with Gasteiger partial charge in [-0.2, -0.15) is 0 Å². The number of nitrogens with zero attached hydrogens (tertiary/aromatic N) is 1. The van der Waals surface area contributed by atoms with E-state index in [2.05, 4.69) is 0 Å². The summed E-state index contributed by atoms with van der Waals surface area (Å²) in [6.07, 6.45) is 6.78. The van der Waals surface area contributed by atoms with Gasteiger partial charge in [-0.05, 0) is 31.1 Å². The fraction of sp³-hybridized carbons (Fsp3) is 1.00. The molecule has 2 N–H and O–H groups in total. The predicted molar refractivity (Wildman–Crippen MR) is 69.1 cm³/mol. The molecule has 0 saturated heterocycles. The summed E-state index contributed by atoms with van der Waals surface area (Å²) >= 11 is 0. The minimum absolute atomic E-state index is 0.0291. The lowest BCUT2D eigenvalue weighted by Gasteiger charge is -2.29. The van der Waals surface area contributed by atoms with Gasteiger partial charge in [-0.1, -0.05) is 19.3 Å². The standard InChI is InChI=1S/C12H24N2O2S/c1-14(12(9-13)11-5-6-11)17(15,16)8-7-10-3-2-4-10/h10-12H,2-9,13H2,1H3. The Kier molecular flexibility index (Phi) is 4.10. The van der Waals surface area contributed by atoms with Gasteiger partial charge in [0, 0.05) is 19.6 Å². The zero-order chi connectivity index (χ0) is 12.5. The Morgan fingerprint density at radius 2 is 1.94 bits per heavy atom. The summed E-state index contributed by atoms with van der Waals surface area (Å²) < 4.78 is 25.9.